The molecule has 0 spiro atoms. The van der Waals surface area contributed by atoms with Gasteiger partial charge in [-0.2, -0.15) is 0 Å². The third-order valence-electron chi connectivity index (χ3n) is 5.42. The molecule has 154 valence electrons. The molecule has 2 aliphatic heterocycles. The van der Waals surface area contributed by atoms with E-state index in [-0.39, 0.29) is 24.3 Å². The zero-order valence-corrected chi connectivity index (χ0v) is 17.9. The third-order valence-corrected chi connectivity index (χ3v) is 5.64. The second kappa shape index (κ2) is 7.86. The lowest BCUT2D eigenvalue weighted by Crippen LogP contribution is -2.50. The van der Waals surface area contributed by atoms with E-state index in [1.165, 1.54) is 0 Å². The van der Waals surface area contributed by atoms with Crippen molar-refractivity contribution in [3.8, 4) is 17.1 Å². The molecular formula is C23H27ClN2O3. The number of amides is 1. The predicted molar refractivity (Wildman–Crippen MR) is 113 cm³/mol. The number of benzene rings is 1. The minimum Gasteiger partial charge on any atom is -0.474 e. The van der Waals surface area contributed by atoms with Crippen molar-refractivity contribution in [2.24, 2.45) is 0 Å². The van der Waals surface area contributed by atoms with E-state index >= 15 is 0 Å². The lowest BCUT2D eigenvalue weighted by atomic mass is 10.0. The number of ether oxygens (including phenoxy) is 2. The van der Waals surface area contributed by atoms with Gasteiger partial charge < -0.3 is 14.4 Å². The quantitative estimate of drug-likeness (QED) is 0.645. The monoisotopic (exact) mass is 414 g/mol. The average molecular weight is 415 g/mol. The van der Waals surface area contributed by atoms with Gasteiger partial charge in [-0.1, -0.05) is 41.9 Å². The molecule has 2 bridgehead atoms. The highest BCUT2D eigenvalue weighted by molar-refractivity contribution is 6.30. The van der Waals surface area contributed by atoms with Crippen molar-refractivity contribution in [3.63, 3.8) is 0 Å². The Morgan fingerprint density at radius 1 is 1.10 bits per heavy atom. The number of pyridine rings is 1. The van der Waals surface area contributed by atoms with Crippen LogP contribution in [-0.2, 0) is 4.74 Å². The Morgan fingerprint density at radius 2 is 1.76 bits per heavy atom. The largest absolute Gasteiger partial charge is 0.474 e. The van der Waals surface area contributed by atoms with Gasteiger partial charge in [-0.15, -0.1) is 0 Å². The maximum atomic E-state index is 12.6. The first kappa shape index (κ1) is 20.0. The van der Waals surface area contributed by atoms with Gasteiger partial charge in [-0.3, -0.25) is 0 Å². The van der Waals surface area contributed by atoms with Crippen LogP contribution in [0, 0.1) is 0 Å². The molecule has 0 N–H and O–H groups in total. The van der Waals surface area contributed by atoms with Crippen LogP contribution in [0.3, 0.4) is 0 Å². The zero-order chi connectivity index (χ0) is 20.6. The van der Waals surface area contributed by atoms with Crippen molar-refractivity contribution in [3.05, 3.63) is 47.5 Å². The number of halogens is 1. The van der Waals surface area contributed by atoms with Gasteiger partial charge in [-0.05, 0) is 39.7 Å². The van der Waals surface area contributed by atoms with E-state index < -0.39 is 5.60 Å². The SMILES string of the molecule is CC(C)(C)OC(=O)N1C2CCC1CC(Oc1cc(Cl)cc(-c3ccccc3)n1)C2. The summed E-state index contributed by atoms with van der Waals surface area (Å²) in [7, 11) is 0. The standard InChI is InChI=1S/C23H27ClN2O3/c1-23(2,3)29-22(27)26-17-9-10-18(26)14-19(13-17)28-21-12-16(24)11-20(25-21)15-7-5-4-6-8-15/h4-8,11-12,17-19H,9-10,13-14H2,1-3H3. The molecule has 1 aromatic carbocycles. The fourth-order valence-electron chi connectivity index (χ4n) is 4.30. The van der Waals surface area contributed by atoms with Crippen molar-refractivity contribution in [2.75, 3.05) is 0 Å². The molecule has 0 aliphatic carbocycles. The molecule has 2 fully saturated rings. The first-order chi connectivity index (χ1) is 13.8. The number of hydrogen-bond donors (Lipinski definition) is 0. The van der Waals surface area contributed by atoms with Gasteiger partial charge in [0.05, 0.1) is 5.69 Å². The summed E-state index contributed by atoms with van der Waals surface area (Å²) in [4.78, 5) is 19.2. The van der Waals surface area contributed by atoms with Crippen molar-refractivity contribution in [1.29, 1.82) is 0 Å². The Labute approximate surface area is 177 Å². The summed E-state index contributed by atoms with van der Waals surface area (Å²) in [5.74, 6) is 0.534. The van der Waals surface area contributed by atoms with Crippen LogP contribution in [0.1, 0.15) is 46.5 Å². The molecule has 1 aromatic heterocycles. The summed E-state index contributed by atoms with van der Waals surface area (Å²) in [6.07, 6.45) is 3.34. The number of rotatable bonds is 3. The number of piperidine rings is 1. The maximum absolute atomic E-state index is 12.6. The highest BCUT2D eigenvalue weighted by Crippen LogP contribution is 2.38. The van der Waals surface area contributed by atoms with E-state index in [4.69, 9.17) is 21.1 Å². The predicted octanol–water partition coefficient (Wildman–Crippen LogP) is 5.71. The molecule has 0 radical (unpaired) electrons. The van der Waals surface area contributed by atoms with Crippen LogP contribution >= 0.6 is 11.6 Å². The number of nitrogens with zero attached hydrogens (tertiary/aromatic N) is 2. The lowest BCUT2D eigenvalue weighted by molar-refractivity contribution is -0.00757. The number of hydrogen-bond acceptors (Lipinski definition) is 4. The second-order valence-electron chi connectivity index (χ2n) is 8.86. The van der Waals surface area contributed by atoms with Gasteiger partial charge in [-0.25, -0.2) is 9.78 Å². The second-order valence-corrected chi connectivity index (χ2v) is 9.30. The van der Waals surface area contributed by atoms with E-state index in [9.17, 15) is 4.79 Å². The summed E-state index contributed by atoms with van der Waals surface area (Å²) < 4.78 is 11.8. The number of fused-ring (bicyclic) bond motifs is 2. The zero-order valence-electron chi connectivity index (χ0n) is 17.1. The smallest absolute Gasteiger partial charge is 0.410 e. The molecule has 2 atom stereocenters. The first-order valence-electron chi connectivity index (χ1n) is 10.2. The van der Waals surface area contributed by atoms with Crippen LogP contribution in [0.5, 0.6) is 5.88 Å². The number of carbonyl (C=O) groups excluding carboxylic acids is 1. The van der Waals surface area contributed by atoms with Crippen molar-refractivity contribution < 1.29 is 14.3 Å². The fourth-order valence-corrected chi connectivity index (χ4v) is 4.49. The molecule has 29 heavy (non-hydrogen) atoms. The number of carbonyl (C=O) groups is 1. The third kappa shape index (κ3) is 4.67. The molecule has 2 aromatic rings. The van der Waals surface area contributed by atoms with Crippen molar-refractivity contribution >= 4 is 17.7 Å². The normalized spacial score (nSPS) is 23.7. The molecule has 2 saturated heterocycles. The Morgan fingerprint density at radius 3 is 2.38 bits per heavy atom. The summed E-state index contributed by atoms with van der Waals surface area (Å²) in [6.45, 7) is 5.70. The minimum atomic E-state index is -0.484. The molecule has 6 heteroatoms. The highest BCUT2D eigenvalue weighted by atomic mass is 35.5. The summed E-state index contributed by atoms with van der Waals surface area (Å²) in [6, 6.07) is 13.8. The lowest BCUT2D eigenvalue weighted by Gasteiger charge is -2.39. The number of aromatic nitrogens is 1. The average Bonchev–Trinajstić information content (AvgIpc) is 2.92. The van der Waals surface area contributed by atoms with Gasteiger partial charge in [0.15, 0.2) is 0 Å². The van der Waals surface area contributed by atoms with Crippen LogP contribution in [0.15, 0.2) is 42.5 Å². The van der Waals surface area contributed by atoms with Crippen LogP contribution in [-0.4, -0.2) is 39.8 Å². The van der Waals surface area contributed by atoms with Crippen LogP contribution in [0.25, 0.3) is 11.3 Å². The van der Waals surface area contributed by atoms with E-state index in [0.717, 1.165) is 36.9 Å². The van der Waals surface area contributed by atoms with E-state index in [2.05, 4.69) is 4.98 Å². The summed E-state index contributed by atoms with van der Waals surface area (Å²) in [5.41, 5.74) is 1.31. The minimum absolute atomic E-state index is 0.0146. The van der Waals surface area contributed by atoms with Gasteiger partial charge in [0, 0.05) is 41.6 Å². The van der Waals surface area contributed by atoms with Crippen LogP contribution in [0.4, 0.5) is 4.79 Å². The molecule has 4 rings (SSSR count). The maximum Gasteiger partial charge on any atom is 0.410 e. The van der Waals surface area contributed by atoms with E-state index in [1.54, 1.807) is 6.07 Å². The Balaban J connectivity index is 1.46. The Kier molecular flexibility index (Phi) is 5.43. The first-order valence-corrected chi connectivity index (χ1v) is 10.6. The Hall–Kier alpha value is -2.27. The molecule has 3 heterocycles. The van der Waals surface area contributed by atoms with Crippen molar-refractivity contribution in [1.82, 2.24) is 9.88 Å². The summed E-state index contributed by atoms with van der Waals surface area (Å²) in [5, 5.41) is 0.600. The van der Waals surface area contributed by atoms with Gasteiger partial charge in [0.2, 0.25) is 5.88 Å². The van der Waals surface area contributed by atoms with Gasteiger partial charge in [0.25, 0.3) is 0 Å². The summed E-state index contributed by atoms with van der Waals surface area (Å²) >= 11 is 6.32. The topological polar surface area (TPSA) is 51.7 Å². The molecular weight excluding hydrogens is 388 g/mol. The van der Waals surface area contributed by atoms with E-state index in [1.807, 2.05) is 62.1 Å². The fraction of sp³-hybridized carbons (Fsp3) is 0.478. The van der Waals surface area contributed by atoms with Gasteiger partial charge in [0.1, 0.15) is 11.7 Å². The molecule has 1 amide bonds. The molecule has 2 aliphatic rings. The van der Waals surface area contributed by atoms with Crippen LogP contribution < -0.4 is 4.74 Å². The van der Waals surface area contributed by atoms with Gasteiger partial charge >= 0.3 is 6.09 Å². The van der Waals surface area contributed by atoms with Crippen molar-refractivity contribution in [2.45, 2.75) is 70.2 Å². The van der Waals surface area contributed by atoms with E-state index in [0.29, 0.717) is 10.9 Å². The van der Waals surface area contributed by atoms with Crippen LogP contribution in [0.2, 0.25) is 5.02 Å². The molecule has 2 unspecified atom stereocenters. The highest BCUT2D eigenvalue weighted by Gasteiger charge is 2.45. The molecule has 0 saturated carbocycles. The molecule has 5 nitrogen and oxygen atoms in total. The Bertz CT molecular complexity index is 867.